The third kappa shape index (κ3) is 3.05. The number of hydrogen-bond acceptors (Lipinski definition) is 2. The number of rotatable bonds is 1. The number of hydrogen-bond donors (Lipinski definition) is 0. The second kappa shape index (κ2) is 5.44. The fraction of sp³-hybridized carbons (Fsp3) is 0.368. The van der Waals surface area contributed by atoms with Crippen LogP contribution in [-0.2, 0) is 6.42 Å². The molecule has 21 heavy (non-hydrogen) atoms. The zero-order valence-corrected chi connectivity index (χ0v) is 13.0. The van der Waals surface area contributed by atoms with Crippen LogP contribution in [0.15, 0.2) is 48.3 Å². The highest BCUT2D eigenvalue weighted by Crippen LogP contribution is 2.39. The zero-order valence-electron chi connectivity index (χ0n) is 13.0. The standard InChI is InChI=1S/C19H22N2/c1-19(2,3)16-11-15(14-7-5-4-6-8-14)12-17-18(13-16)21-10-9-20-17/h4-10,13,15H,11-12H2,1-3H3. The van der Waals surface area contributed by atoms with Crippen LogP contribution in [0.5, 0.6) is 0 Å². The minimum atomic E-state index is 0.159. The van der Waals surface area contributed by atoms with Crippen molar-refractivity contribution < 1.29 is 0 Å². The number of nitrogens with zero attached hydrogens (tertiary/aromatic N) is 2. The summed E-state index contributed by atoms with van der Waals surface area (Å²) in [6, 6.07) is 10.8. The van der Waals surface area contributed by atoms with Gasteiger partial charge in [0, 0.05) is 12.4 Å². The average Bonchev–Trinajstić information content (AvgIpc) is 2.67. The van der Waals surface area contributed by atoms with E-state index in [2.05, 4.69) is 67.1 Å². The fourth-order valence-electron chi connectivity index (χ4n) is 2.93. The van der Waals surface area contributed by atoms with Crippen LogP contribution in [0.25, 0.3) is 6.08 Å². The van der Waals surface area contributed by atoms with Crippen molar-refractivity contribution in [1.82, 2.24) is 9.97 Å². The lowest BCUT2D eigenvalue weighted by atomic mass is 9.79. The maximum atomic E-state index is 4.56. The van der Waals surface area contributed by atoms with E-state index in [1.807, 2.05) is 0 Å². The molecule has 0 spiro atoms. The Morgan fingerprint density at radius 2 is 1.67 bits per heavy atom. The Labute approximate surface area is 127 Å². The molecule has 0 radical (unpaired) electrons. The second-order valence-corrected chi connectivity index (χ2v) is 6.82. The quantitative estimate of drug-likeness (QED) is 0.759. The van der Waals surface area contributed by atoms with Gasteiger partial charge in [-0.1, -0.05) is 56.7 Å². The van der Waals surface area contributed by atoms with E-state index in [-0.39, 0.29) is 5.41 Å². The van der Waals surface area contributed by atoms with Crippen molar-refractivity contribution in [1.29, 1.82) is 0 Å². The molecule has 1 aliphatic carbocycles. The number of allylic oxidation sites excluding steroid dienone is 1. The molecule has 3 rings (SSSR count). The molecule has 1 aromatic heterocycles. The lowest BCUT2D eigenvalue weighted by molar-refractivity contribution is 0.469. The average molecular weight is 278 g/mol. The van der Waals surface area contributed by atoms with Gasteiger partial charge in [-0.15, -0.1) is 0 Å². The molecule has 0 amide bonds. The summed E-state index contributed by atoms with van der Waals surface area (Å²) < 4.78 is 0. The van der Waals surface area contributed by atoms with Crippen LogP contribution in [0.3, 0.4) is 0 Å². The molecule has 0 bridgehead atoms. The smallest absolute Gasteiger partial charge is 0.0845 e. The second-order valence-electron chi connectivity index (χ2n) is 6.82. The summed E-state index contributed by atoms with van der Waals surface area (Å²) >= 11 is 0. The van der Waals surface area contributed by atoms with E-state index in [4.69, 9.17) is 0 Å². The molecule has 0 saturated heterocycles. The Kier molecular flexibility index (Phi) is 3.62. The van der Waals surface area contributed by atoms with Gasteiger partial charge in [0.15, 0.2) is 0 Å². The minimum absolute atomic E-state index is 0.159. The Balaban J connectivity index is 2.06. The maximum Gasteiger partial charge on any atom is 0.0845 e. The third-order valence-electron chi connectivity index (χ3n) is 4.26. The molecular weight excluding hydrogens is 256 g/mol. The van der Waals surface area contributed by atoms with Gasteiger partial charge in [-0.3, -0.25) is 9.97 Å². The molecule has 1 atom stereocenters. The largest absolute Gasteiger partial charge is 0.257 e. The Morgan fingerprint density at radius 1 is 0.952 bits per heavy atom. The lowest BCUT2D eigenvalue weighted by Crippen LogP contribution is -2.12. The zero-order chi connectivity index (χ0) is 14.9. The highest BCUT2D eigenvalue weighted by molar-refractivity contribution is 5.55. The highest BCUT2D eigenvalue weighted by Gasteiger charge is 2.26. The van der Waals surface area contributed by atoms with Crippen molar-refractivity contribution >= 4 is 6.08 Å². The van der Waals surface area contributed by atoms with E-state index < -0.39 is 0 Å². The van der Waals surface area contributed by atoms with Gasteiger partial charge < -0.3 is 0 Å². The minimum Gasteiger partial charge on any atom is -0.257 e. The summed E-state index contributed by atoms with van der Waals surface area (Å²) in [6.07, 6.45) is 7.88. The molecule has 2 heteroatoms. The normalized spacial score (nSPS) is 18.6. The topological polar surface area (TPSA) is 25.8 Å². The summed E-state index contributed by atoms with van der Waals surface area (Å²) in [6.45, 7) is 6.84. The summed E-state index contributed by atoms with van der Waals surface area (Å²) in [5, 5.41) is 0. The van der Waals surface area contributed by atoms with Crippen LogP contribution < -0.4 is 0 Å². The molecule has 1 unspecified atom stereocenters. The van der Waals surface area contributed by atoms with E-state index in [1.54, 1.807) is 12.4 Å². The SMILES string of the molecule is CC(C)(C)C1=Cc2nccnc2CC(c2ccccc2)C1. The van der Waals surface area contributed by atoms with E-state index in [0.29, 0.717) is 5.92 Å². The Hall–Kier alpha value is -1.96. The van der Waals surface area contributed by atoms with E-state index in [0.717, 1.165) is 24.2 Å². The molecule has 1 aromatic carbocycles. The summed E-state index contributed by atoms with van der Waals surface area (Å²) in [4.78, 5) is 9.10. The number of benzene rings is 1. The van der Waals surface area contributed by atoms with Crippen molar-refractivity contribution in [2.75, 3.05) is 0 Å². The van der Waals surface area contributed by atoms with Gasteiger partial charge in [0.25, 0.3) is 0 Å². The Bertz CT molecular complexity index is 651. The van der Waals surface area contributed by atoms with Crippen LogP contribution >= 0.6 is 0 Å². The summed E-state index contributed by atoms with van der Waals surface area (Å²) in [5.41, 5.74) is 5.17. The predicted octanol–water partition coefficient (Wildman–Crippen LogP) is 4.64. The first-order chi connectivity index (χ1) is 10.0. The van der Waals surface area contributed by atoms with Crippen molar-refractivity contribution in [3.63, 3.8) is 0 Å². The van der Waals surface area contributed by atoms with E-state index >= 15 is 0 Å². The fourth-order valence-corrected chi connectivity index (χ4v) is 2.93. The summed E-state index contributed by atoms with van der Waals surface area (Å²) in [7, 11) is 0. The van der Waals surface area contributed by atoms with Crippen LogP contribution in [0, 0.1) is 5.41 Å². The Morgan fingerprint density at radius 3 is 2.38 bits per heavy atom. The van der Waals surface area contributed by atoms with E-state index in [1.165, 1.54) is 11.1 Å². The highest BCUT2D eigenvalue weighted by atomic mass is 14.8. The van der Waals surface area contributed by atoms with Crippen molar-refractivity contribution in [2.24, 2.45) is 5.41 Å². The molecule has 108 valence electrons. The molecular formula is C19H22N2. The molecule has 0 fully saturated rings. The molecule has 1 heterocycles. The molecule has 0 saturated carbocycles. The molecule has 0 N–H and O–H groups in total. The van der Waals surface area contributed by atoms with Crippen LogP contribution in [-0.4, -0.2) is 9.97 Å². The third-order valence-corrected chi connectivity index (χ3v) is 4.26. The van der Waals surface area contributed by atoms with Gasteiger partial charge in [-0.25, -0.2) is 0 Å². The van der Waals surface area contributed by atoms with Gasteiger partial charge in [-0.2, -0.15) is 0 Å². The maximum absolute atomic E-state index is 4.56. The van der Waals surface area contributed by atoms with Gasteiger partial charge in [0.2, 0.25) is 0 Å². The van der Waals surface area contributed by atoms with E-state index in [9.17, 15) is 0 Å². The van der Waals surface area contributed by atoms with Gasteiger partial charge in [0.1, 0.15) is 0 Å². The van der Waals surface area contributed by atoms with Crippen LogP contribution in [0.4, 0.5) is 0 Å². The van der Waals surface area contributed by atoms with Gasteiger partial charge >= 0.3 is 0 Å². The first kappa shape index (κ1) is 14.0. The predicted molar refractivity (Wildman–Crippen MR) is 87.0 cm³/mol. The first-order valence-electron chi connectivity index (χ1n) is 7.60. The molecule has 1 aliphatic rings. The van der Waals surface area contributed by atoms with Crippen molar-refractivity contribution in [3.05, 3.63) is 65.2 Å². The molecule has 0 aliphatic heterocycles. The molecule has 2 aromatic rings. The van der Waals surface area contributed by atoms with Crippen molar-refractivity contribution in [3.8, 4) is 0 Å². The molecule has 2 nitrogen and oxygen atoms in total. The van der Waals surface area contributed by atoms with Crippen molar-refractivity contribution in [2.45, 2.75) is 39.5 Å². The summed E-state index contributed by atoms with van der Waals surface area (Å²) in [5.74, 6) is 0.481. The van der Waals surface area contributed by atoms with Crippen LogP contribution in [0.1, 0.15) is 50.1 Å². The lowest BCUT2D eigenvalue weighted by Gasteiger charge is -2.26. The van der Waals surface area contributed by atoms with Crippen LogP contribution in [0.2, 0.25) is 0 Å². The first-order valence-corrected chi connectivity index (χ1v) is 7.60. The van der Waals surface area contributed by atoms with Gasteiger partial charge in [0.05, 0.1) is 11.4 Å². The van der Waals surface area contributed by atoms with Gasteiger partial charge in [-0.05, 0) is 35.8 Å². The number of aromatic nitrogens is 2. The monoisotopic (exact) mass is 278 g/mol. The number of fused-ring (bicyclic) bond motifs is 1.